The highest BCUT2D eigenvalue weighted by molar-refractivity contribution is 7.09. The Kier molecular flexibility index (Phi) is 5.37. The Labute approximate surface area is 168 Å². The molecule has 28 heavy (non-hydrogen) atoms. The molecular weight excluding hydrogens is 378 g/mol. The van der Waals surface area contributed by atoms with Gasteiger partial charge in [-0.1, -0.05) is 0 Å². The zero-order chi connectivity index (χ0) is 19.8. The van der Waals surface area contributed by atoms with E-state index >= 15 is 0 Å². The zero-order valence-electron chi connectivity index (χ0n) is 16.1. The first-order chi connectivity index (χ1) is 13.4. The van der Waals surface area contributed by atoms with Crippen LogP contribution in [-0.4, -0.2) is 70.8 Å². The lowest BCUT2D eigenvalue weighted by Gasteiger charge is -2.56. The molecule has 3 fully saturated rings. The zero-order valence-corrected chi connectivity index (χ0v) is 16.9. The van der Waals surface area contributed by atoms with E-state index in [4.69, 9.17) is 5.73 Å². The number of piperidine rings is 3. The molecule has 0 aliphatic carbocycles. The molecule has 0 aromatic carbocycles. The van der Waals surface area contributed by atoms with Crippen LogP contribution in [0.2, 0.25) is 0 Å². The number of nitrogens with two attached hydrogens (primary N) is 1. The summed E-state index contributed by atoms with van der Waals surface area (Å²) in [5.41, 5.74) is 5.85. The first-order valence-electron chi connectivity index (χ1n) is 9.94. The minimum atomic E-state index is -0.319. The maximum Gasteiger partial charge on any atom is 0.270 e. The number of thiazole rings is 1. The lowest BCUT2D eigenvalue weighted by molar-refractivity contribution is -0.153. The van der Waals surface area contributed by atoms with Crippen LogP contribution in [0.15, 0.2) is 5.38 Å². The number of hydrogen-bond donors (Lipinski definition) is 2. The van der Waals surface area contributed by atoms with Crippen LogP contribution < -0.4 is 11.1 Å². The largest absolute Gasteiger partial charge is 0.369 e. The van der Waals surface area contributed by atoms with Gasteiger partial charge in [-0.15, -0.1) is 11.3 Å². The van der Waals surface area contributed by atoms with Crippen molar-refractivity contribution in [2.75, 3.05) is 26.2 Å². The molecule has 0 radical (unpaired) electrons. The molecule has 1 aromatic rings. The number of likely N-dealkylation sites (tertiary alicyclic amines) is 1. The van der Waals surface area contributed by atoms with Crippen LogP contribution in [0.3, 0.4) is 0 Å². The van der Waals surface area contributed by atoms with Gasteiger partial charge >= 0.3 is 0 Å². The van der Waals surface area contributed by atoms with Crippen molar-refractivity contribution in [1.29, 1.82) is 0 Å². The fraction of sp³-hybridized carbons (Fsp3) is 0.684. The second kappa shape index (κ2) is 7.79. The van der Waals surface area contributed by atoms with Gasteiger partial charge in [0.25, 0.3) is 5.91 Å². The van der Waals surface area contributed by atoms with E-state index in [-0.39, 0.29) is 42.3 Å². The second-order valence-electron chi connectivity index (χ2n) is 8.21. The summed E-state index contributed by atoms with van der Waals surface area (Å²) in [7, 11) is 0. The topological polar surface area (TPSA) is 109 Å². The van der Waals surface area contributed by atoms with Crippen molar-refractivity contribution in [3.8, 4) is 0 Å². The van der Waals surface area contributed by atoms with Crippen LogP contribution in [-0.2, 0) is 9.59 Å². The average Bonchev–Trinajstić information content (AvgIpc) is 3.08. The highest BCUT2D eigenvalue weighted by Gasteiger charge is 2.49. The van der Waals surface area contributed by atoms with Gasteiger partial charge in [0.05, 0.1) is 17.6 Å². The monoisotopic (exact) mass is 405 g/mol. The number of hydrogen-bond acceptors (Lipinski definition) is 6. The number of aryl methyl sites for hydroxylation is 1. The van der Waals surface area contributed by atoms with Gasteiger partial charge in [-0.3, -0.25) is 19.3 Å². The maximum absolute atomic E-state index is 12.8. The summed E-state index contributed by atoms with van der Waals surface area (Å²) in [5.74, 6) is 0.278. The fourth-order valence-corrected chi connectivity index (χ4v) is 5.83. The number of rotatable bonds is 5. The minimum Gasteiger partial charge on any atom is -0.369 e. The molecule has 3 amide bonds. The third-order valence-corrected chi connectivity index (χ3v) is 7.05. The molecule has 0 unspecified atom stereocenters. The molecule has 4 heterocycles. The minimum absolute atomic E-state index is 0.0478. The van der Waals surface area contributed by atoms with Crippen LogP contribution in [0.1, 0.15) is 41.2 Å². The Balaban J connectivity index is 1.51. The van der Waals surface area contributed by atoms with Gasteiger partial charge in [0.2, 0.25) is 11.8 Å². The molecule has 3 N–H and O–H groups in total. The van der Waals surface area contributed by atoms with E-state index in [9.17, 15) is 14.4 Å². The van der Waals surface area contributed by atoms with Crippen molar-refractivity contribution >= 4 is 29.1 Å². The van der Waals surface area contributed by atoms with Gasteiger partial charge in [0.15, 0.2) is 0 Å². The summed E-state index contributed by atoms with van der Waals surface area (Å²) in [6, 6.07) is 0.144. The predicted octanol–water partition coefficient (Wildman–Crippen LogP) is 0.368. The first kappa shape index (κ1) is 19.3. The van der Waals surface area contributed by atoms with Gasteiger partial charge in [0, 0.05) is 37.5 Å². The molecule has 3 saturated heterocycles. The van der Waals surface area contributed by atoms with Crippen LogP contribution >= 0.6 is 11.3 Å². The SMILES string of the molecule is Cc1nc(C(=O)NC[C@H]2[C@H]3C[C@H](CN(CC(N)=O)C3)[C@@H]3CCCC(=O)N32)cs1. The highest BCUT2D eigenvalue weighted by atomic mass is 32.1. The number of carbonyl (C=O) groups is 3. The number of carbonyl (C=O) groups excluding carboxylic acids is 3. The number of fused-ring (bicyclic) bond motifs is 4. The molecule has 0 spiro atoms. The van der Waals surface area contributed by atoms with Gasteiger partial charge in [0.1, 0.15) is 5.69 Å². The summed E-state index contributed by atoms with van der Waals surface area (Å²) >= 11 is 1.45. The molecular formula is C19H27N5O3S. The number of aromatic nitrogens is 1. The molecule has 152 valence electrons. The summed E-state index contributed by atoms with van der Waals surface area (Å²) < 4.78 is 0. The Morgan fingerprint density at radius 2 is 2.14 bits per heavy atom. The highest BCUT2D eigenvalue weighted by Crippen LogP contribution is 2.41. The van der Waals surface area contributed by atoms with Gasteiger partial charge in [-0.05, 0) is 38.0 Å². The van der Waals surface area contributed by atoms with E-state index in [1.54, 1.807) is 5.38 Å². The lowest BCUT2D eigenvalue weighted by atomic mass is 9.72. The van der Waals surface area contributed by atoms with Crippen LogP contribution in [0.5, 0.6) is 0 Å². The van der Waals surface area contributed by atoms with E-state index in [2.05, 4.69) is 20.1 Å². The van der Waals surface area contributed by atoms with Crippen molar-refractivity contribution in [3.05, 3.63) is 16.1 Å². The molecule has 9 heteroatoms. The number of nitrogens with one attached hydrogen (secondary N) is 1. The maximum atomic E-state index is 12.8. The molecule has 8 nitrogen and oxygen atoms in total. The Morgan fingerprint density at radius 3 is 2.86 bits per heavy atom. The summed E-state index contributed by atoms with van der Waals surface area (Å²) in [4.78, 5) is 45.1. The van der Waals surface area contributed by atoms with Crippen molar-refractivity contribution in [3.63, 3.8) is 0 Å². The van der Waals surface area contributed by atoms with E-state index in [1.165, 1.54) is 11.3 Å². The van der Waals surface area contributed by atoms with Gasteiger partial charge in [-0.2, -0.15) is 0 Å². The van der Waals surface area contributed by atoms with E-state index < -0.39 is 0 Å². The Bertz CT molecular complexity index is 781. The van der Waals surface area contributed by atoms with Crippen molar-refractivity contribution in [2.24, 2.45) is 17.6 Å². The molecule has 4 rings (SSSR count). The molecule has 0 saturated carbocycles. The van der Waals surface area contributed by atoms with Crippen molar-refractivity contribution in [1.82, 2.24) is 20.1 Å². The van der Waals surface area contributed by atoms with Crippen molar-refractivity contribution in [2.45, 2.75) is 44.7 Å². The molecule has 1 aromatic heterocycles. The lowest BCUT2D eigenvalue weighted by Crippen LogP contribution is -2.67. The summed E-state index contributed by atoms with van der Waals surface area (Å²) in [5, 5.41) is 5.60. The van der Waals surface area contributed by atoms with Gasteiger partial charge in [-0.25, -0.2) is 4.98 Å². The second-order valence-corrected chi connectivity index (χ2v) is 9.27. The van der Waals surface area contributed by atoms with Crippen LogP contribution in [0.4, 0.5) is 0 Å². The quantitative estimate of drug-likeness (QED) is 0.736. The normalized spacial score (nSPS) is 30.0. The fourth-order valence-electron chi connectivity index (χ4n) is 5.24. The molecule has 3 aliphatic rings. The number of amides is 3. The number of nitrogens with zero attached hydrogens (tertiary/aromatic N) is 3. The number of primary amides is 1. The Morgan fingerprint density at radius 1 is 1.36 bits per heavy atom. The third-order valence-electron chi connectivity index (χ3n) is 6.28. The molecule has 4 atom stereocenters. The van der Waals surface area contributed by atoms with Crippen molar-refractivity contribution < 1.29 is 14.4 Å². The smallest absolute Gasteiger partial charge is 0.270 e. The van der Waals surface area contributed by atoms with E-state index in [0.29, 0.717) is 24.6 Å². The standard InChI is InChI=1S/C19H27N5O3S/c1-11-22-14(10-28-11)19(27)21-6-16-13-5-12(7-23(8-13)9-17(20)25)15-3-2-4-18(26)24(15)16/h10,12-13,15-16H,2-9H2,1H3,(H2,20,25)(H,21,27)/t12-,13+,15+,16+/m1/s1. The average molecular weight is 406 g/mol. The first-order valence-corrected chi connectivity index (χ1v) is 10.8. The predicted molar refractivity (Wildman–Crippen MR) is 105 cm³/mol. The summed E-state index contributed by atoms with van der Waals surface area (Å²) in [6.45, 7) is 4.08. The van der Waals surface area contributed by atoms with E-state index in [0.717, 1.165) is 37.4 Å². The molecule has 3 aliphatic heterocycles. The third kappa shape index (κ3) is 3.77. The van der Waals surface area contributed by atoms with Gasteiger partial charge < -0.3 is 16.0 Å². The van der Waals surface area contributed by atoms with Crippen LogP contribution in [0.25, 0.3) is 0 Å². The Hall–Kier alpha value is -2.00. The molecule has 2 bridgehead atoms. The van der Waals surface area contributed by atoms with Crippen LogP contribution in [0, 0.1) is 18.8 Å². The summed E-state index contributed by atoms with van der Waals surface area (Å²) in [6.07, 6.45) is 3.51. The van der Waals surface area contributed by atoms with E-state index in [1.807, 2.05) is 6.92 Å².